The zero-order valence-electron chi connectivity index (χ0n) is 21.5. The number of carbonyl (C=O) groups is 4. The van der Waals surface area contributed by atoms with Crippen molar-refractivity contribution in [1.29, 1.82) is 0 Å². The van der Waals surface area contributed by atoms with E-state index in [2.05, 4.69) is 26.5 Å². The van der Waals surface area contributed by atoms with Gasteiger partial charge in [-0.15, -0.1) is 0 Å². The highest BCUT2D eigenvalue weighted by Crippen LogP contribution is 2.31. The van der Waals surface area contributed by atoms with Gasteiger partial charge in [0.25, 0.3) is 5.91 Å². The third-order valence-electron chi connectivity index (χ3n) is 6.81. The molecular weight excluding hydrogens is 462 g/mol. The summed E-state index contributed by atoms with van der Waals surface area (Å²) in [6, 6.07) is 5.33. The Hall–Kier alpha value is -3.14. The average Bonchev–Trinajstić information content (AvgIpc) is 3.13. The van der Waals surface area contributed by atoms with Crippen LogP contribution in [0.2, 0.25) is 0 Å². The van der Waals surface area contributed by atoms with Crippen LogP contribution >= 0.6 is 0 Å². The molecule has 0 radical (unpaired) electrons. The normalized spacial score (nSPS) is 20.9. The summed E-state index contributed by atoms with van der Waals surface area (Å²) in [7, 11) is 0. The first-order valence-electron chi connectivity index (χ1n) is 12.8. The van der Waals surface area contributed by atoms with E-state index in [1.54, 1.807) is 4.90 Å². The third kappa shape index (κ3) is 6.34. The maximum Gasteiger partial charge on any atom is 0.407 e. The second-order valence-electron chi connectivity index (χ2n) is 10.7. The number of fused-ring (bicyclic) bond motifs is 1. The molecule has 4 amide bonds. The lowest BCUT2D eigenvalue weighted by molar-refractivity contribution is -0.136. The number of nitrogens with one attached hydrogen (secondary N) is 2. The van der Waals surface area contributed by atoms with E-state index in [9.17, 15) is 19.2 Å². The summed E-state index contributed by atoms with van der Waals surface area (Å²) in [6.07, 6.45) is 2.17. The number of amides is 4. The van der Waals surface area contributed by atoms with Crippen LogP contribution in [0.3, 0.4) is 0 Å². The smallest absolute Gasteiger partial charge is 0.407 e. The summed E-state index contributed by atoms with van der Waals surface area (Å²) in [6.45, 7) is 11.3. The number of benzene rings is 1. The number of unbranched alkanes of at least 4 members (excludes halogenated alkanes) is 1. The molecule has 2 fully saturated rings. The van der Waals surface area contributed by atoms with Crippen molar-refractivity contribution in [3.8, 4) is 0 Å². The monoisotopic (exact) mass is 499 g/mol. The minimum absolute atomic E-state index is 0.142. The van der Waals surface area contributed by atoms with Crippen LogP contribution in [0.5, 0.6) is 0 Å². The average molecular weight is 500 g/mol. The van der Waals surface area contributed by atoms with Crippen molar-refractivity contribution >= 4 is 29.5 Å². The first-order valence-corrected chi connectivity index (χ1v) is 12.8. The Morgan fingerprint density at radius 2 is 1.86 bits per heavy atom. The summed E-state index contributed by atoms with van der Waals surface area (Å²) >= 11 is 0. The van der Waals surface area contributed by atoms with Crippen molar-refractivity contribution in [2.24, 2.45) is 0 Å². The maximum absolute atomic E-state index is 12.9. The molecule has 0 aromatic heterocycles. The van der Waals surface area contributed by atoms with Crippen LogP contribution in [-0.2, 0) is 20.9 Å². The molecule has 36 heavy (non-hydrogen) atoms. The Morgan fingerprint density at radius 3 is 2.56 bits per heavy atom. The molecule has 10 heteroatoms. The fraction of sp³-hybridized carbons (Fsp3) is 0.615. The topological polar surface area (TPSA) is 111 Å². The third-order valence-corrected chi connectivity index (χ3v) is 6.81. The molecular formula is C26H37N5O5. The number of piperidine rings is 1. The van der Waals surface area contributed by atoms with Crippen molar-refractivity contribution < 1.29 is 23.9 Å². The minimum atomic E-state index is -0.589. The van der Waals surface area contributed by atoms with Crippen molar-refractivity contribution in [1.82, 2.24) is 20.4 Å². The Morgan fingerprint density at radius 1 is 1.11 bits per heavy atom. The van der Waals surface area contributed by atoms with Crippen molar-refractivity contribution in [3.63, 3.8) is 0 Å². The van der Waals surface area contributed by atoms with Gasteiger partial charge in [-0.2, -0.15) is 0 Å². The van der Waals surface area contributed by atoms with Gasteiger partial charge in [-0.05, 0) is 70.3 Å². The Balaban J connectivity index is 1.21. The molecule has 1 unspecified atom stereocenters. The number of imide groups is 1. The zero-order chi connectivity index (χ0) is 25.9. The van der Waals surface area contributed by atoms with E-state index in [4.69, 9.17) is 4.74 Å². The standard InChI is InChI=1S/C26H37N5O5/c1-26(2,3)36-25(35)27-10-4-5-11-29-12-14-30(15-13-29)19-6-7-20-18(16-19)17-31(24(20)34)21-8-9-22(32)28-23(21)33/h6-7,16,21H,4-5,8-15,17H2,1-3H3,(H,27,35)(H,28,32,33). The SMILES string of the molecule is CC(C)(C)OC(=O)NCCCCN1CCN(c2ccc3c(c2)CN(C2CCC(=O)NC2=O)C3=O)CC1. The number of alkyl carbamates (subject to hydrolysis) is 1. The van der Waals surface area contributed by atoms with Gasteiger partial charge in [0.2, 0.25) is 11.8 Å². The lowest BCUT2D eigenvalue weighted by Crippen LogP contribution is -2.52. The highest BCUT2D eigenvalue weighted by molar-refractivity contribution is 6.05. The van der Waals surface area contributed by atoms with Crippen LogP contribution in [0.4, 0.5) is 10.5 Å². The Kier molecular flexibility index (Phi) is 7.82. The van der Waals surface area contributed by atoms with E-state index in [0.717, 1.165) is 56.8 Å². The largest absolute Gasteiger partial charge is 0.444 e. The minimum Gasteiger partial charge on any atom is -0.444 e. The van der Waals surface area contributed by atoms with Gasteiger partial charge in [-0.25, -0.2) is 4.79 Å². The second-order valence-corrected chi connectivity index (χ2v) is 10.7. The van der Waals surface area contributed by atoms with Gasteiger partial charge < -0.3 is 19.9 Å². The van der Waals surface area contributed by atoms with Crippen LogP contribution in [0.25, 0.3) is 0 Å². The molecule has 3 aliphatic rings. The molecule has 0 bridgehead atoms. The van der Waals surface area contributed by atoms with E-state index in [1.165, 1.54) is 0 Å². The number of hydrogen-bond donors (Lipinski definition) is 2. The van der Waals surface area contributed by atoms with E-state index < -0.39 is 11.6 Å². The van der Waals surface area contributed by atoms with Crippen molar-refractivity contribution in [3.05, 3.63) is 29.3 Å². The van der Waals surface area contributed by atoms with Crippen LogP contribution in [0.15, 0.2) is 18.2 Å². The van der Waals surface area contributed by atoms with Crippen LogP contribution in [-0.4, -0.2) is 84.5 Å². The molecule has 4 rings (SSSR count). The van der Waals surface area contributed by atoms with Gasteiger partial charge >= 0.3 is 6.09 Å². The van der Waals surface area contributed by atoms with Gasteiger partial charge in [0.15, 0.2) is 0 Å². The van der Waals surface area contributed by atoms with Crippen molar-refractivity contribution in [2.45, 2.75) is 64.6 Å². The van der Waals surface area contributed by atoms with Crippen molar-refractivity contribution in [2.75, 3.05) is 44.2 Å². The van der Waals surface area contributed by atoms with Gasteiger partial charge in [0.05, 0.1) is 0 Å². The molecule has 3 heterocycles. The summed E-state index contributed by atoms with van der Waals surface area (Å²) in [4.78, 5) is 54.7. The number of piperazine rings is 1. The fourth-order valence-corrected chi connectivity index (χ4v) is 4.95. The summed E-state index contributed by atoms with van der Waals surface area (Å²) in [5.74, 6) is -0.805. The molecule has 0 aliphatic carbocycles. The van der Waals surface area contributed by atoms with Gasteiger partial charge in [-0.3, -0.25) is 24.6 Å². The summed E-state index contributed by atoms with van der Waals surface area (Å²) in [5, 5.41) is 5.15. The molecule has 3 aliphatic heterocycles. The van der Waals surface area contributed by atoms with Crippen LogP contribution in [0.1, 0.15) is 62.4 Å². The molecule has 1 aromatic carbocycles. The number of nitrogens with zero attached hydrogens (tertiary/aromatic N) is 3. The highest BCUT2D eigenvalue weighted by atomic mass is 16.6. The van der Waals surface area contributed by atoms with E-state index in [-0.39, 0.29) is 30.2 Å². The van der Waals surface area contributed by atoms with Crippen LogP contribution < -0.4 is 15.5 Å². The van der Waals surface area contributed by atoms with E-state index >= 15 is 0 Å². The fourth-order valence-electron chi connectivity index (χ4n) is 4.95. The molecule has 2 saturated heterocycles. The molecule has 1 aromatic rings. The second kappa shape index (κ2) is 10.9. The Bertz CT molecular complexity index is 1010. The first-order chi connectivity index (χ1) is 17.1. The number of anilines is 1. The summed E-state index contributed by atoms with van der Waals surface area (Å²) in [5.41, 5.74) is 2.18. The van der Waals surface area contributed by atoms with Gasteiger partial charge in [0, 0.05) is 56.9 Å². The quantitative estimate of drug-likeness (QED) is 0.435. The van der Waals surface area contributed by atoms with Crippen LogP contribution in [0, 0.1) is 0 Å². The lowest BCUT2D eigenvalue weighted by Gasteiger charge is -2.36. The first kappa shape index (κ1) is 25.9. The molecule has 10 nitrogen and oxygen atoms in total. The van der Waals surface area contributed by atoms with E-state index in [1.807, 2.05) is 32.9 Å². The Labute approximate surface area is 212 Å². The lowest BCUT2D eigenvalue weighted by atomic mass is 10.0. The molecule has 2 N–H and O–H groups in total. The summed E-state index contributed by atoms with van der Waals surface area (Å²) < 4.78 is 5.25. The molecule has 0 saturated carbocycles. The zero-order valence-corrected chi connectivity index (χ0v) is 21.5. The van der Waals surface area contributed by atoms with Gasteiger partial charge in [0.1, 0.15) is 11.6 Å². The number of ether oxygens (including phenoxy) is 1. The number of hydrogen-bond acceptors (Lipinski definition) is 7. The number of carbonyl (C=O) groups excluding carboxylic acids is 4. The van der Waals surface area contributed by atoms with Gasteiger partial charge in [-0.1, -0.05) is 0 Å². The molecule has 0 spiro atoms. The highest BCUT2D eigenvalue weighted by Gasteiger charge is 2.39. The predicted octanol–water partition coefficient (Wildman–Crippen LogP) is 1.87. The maximum atomic E-state index is 12.9. The molecule has 196 valence electrons. The predicted molar refractivity (Wildman–Crippen MR) is 135 cm³/mol. The van der Waals surface area contributed by atoms with E-state index in [0.29, 0.717) is 25.1 Å². The molecule has 1 atom stereocenters. The number of rotatable bonds is 7.